The molecule has 0 aliphatic carbocycles. The zero-order chi connectivity index (χ0) is 14.0. The quantitative estimate of drug-likeness (QED) is 0.928. The number of fused-ring (bicyclic) bond motifs is 1. The summed E-state index contributed by atoms with van der Waals surface area (Å²) in [6.45, 7) is 1.72. The van der Waals surface area contributed by atoms with Gasteiger partial charge in [-0.25, -0.2) is 8.42 Å². The summed E-state index contributed by atoms with van der Waals surface area (Å²) in [6.07, 6.45) is 2.99. The molecular weight excluding hydrogens is 260 g/mol. The maximum absolute atomic E-state index is 11.8. The normalized spacial score (nSPS) is 15.3. The van der Waals surface area contributed by atoms with E-state index in [0.29, 0.717) is 0 Å². The van der Waals surface area contributed by atoms with Crippen LogP contribution in [0.4, 0.5) is 0 Å². The Morgan fingerprint density at radius 2 is 1.89 bits per heavy atom. The highest BCUT2D eigenvalue weighted by Crippen LogP contribution is 2.27. The Hall–Kier alpha value is -1.46. The van der Waals surface area contributed by atoms with E-state index < -0.39 is 15.1 Å². The first-order valence-electron chi connectivity index (χ1n) is 6.15. The molecule has 1 heterocycles. The molecule has 19 heavy (non-hydrogen) atoms. The van der Waals surface area contributed by atoms with Crippen LogP contribution in [0.15, 0.2) is 36.5 Å². The number of rotatable bonds is 4. The summed E-state index contributed by atoms with van der Waals surface area (Å²) >= 11 is 0. The Kier molecular flexibility index (Phi) is 3.87. The molecule has 4 nitrogen and oxygen atoms in total. The lowest BCUT2D eigenvalue weighted by Gasteiger charge is -2.23. The number of sulfone groups is 1. The lowest BCUT2D eigenvalue weighted by Crippen LogP contribution is -2.33. The van der Waals surface area contributed by atoms with Gasteiger partial charge in [-0.05, 0) is 25.6 Å². The molecule has 102 valence electrons. The largest absolute Gasteiger partial charge is 0.312 e. The Labute approximate surface area is 113 Å². The van der Waals surface area contributed by atoms with Crippen LogP contribution < -0.4 is 5.32 Å². The monoisotopic (exact) mass is 278 g/mol. The summed E-state index contributed by atoms with van der Waals surface area (Å²) in [4.78, 5) is 4.38. The second kappa shape index (κ2) is 5.27. The van der Waals surface area contributed by atoms with Crippen LogP contribution >= 0.6 is 0 Å². The third kappa shape index (κ3) is 2.77. The highest BCUT2D eigenvalue weighted by Gasteiger charge is 2.27. The number of nitrogens with zero attached hydrogens (tertiary/aromatic N) is 1. The van der Waals surface area contributed by atoms with Gasteiger partial charge in [0, 0.05) is 17.8 Å². The first-order chi connectivity index (χ1) is 8.95. The molecule has 0 spiro atoms. The van der Waals surface area contributed by atoms with Gasteiger partial charge in [-0.15, -0.1) is 0 Å². The van der Waals surface area contributed by atoms with E-state index >= 15 is 0 Å². The van der Waals surface area contributed by atoms with E-state index in [9.17, 15) is 8.42 Å². The number of nitrogens with one attached hydrogen (secondary N) is 1. The summed E-state index contributed by atoms with van der Waals surface area (Å²) in [7, 11) is -1.35. The molecule has 0 radical (unpaired) electrons. The minimum Gasteiger partial charge on any atom is -0.312 e. The highest BCUT2D eigenvalue weighted by molar-refractivity contribution is 7.91. The standard InChI is InChI=1S/C14H18N2O2S/c1-10(19(3,17)18)13(15-2)12-8-4-6-11-7-5-9-16-14(11)12/h4-10,13,15H,1-3H3. The van der Waals surface area contributed by atoms with Gasteiger partial charge >= 0.3 is 0 Å². The Balaban J connectivity index is 2.59. The SMILES string of the molecule is CNC(c1cccc2cccnc12)C(C)S(C)(=O)=O. The van der Waals surface area contributed by atoms with Crippen molar-refractivity contribution >= 4 is 20.7 Å². The summed E-state index contributed by atoms with van der Waals surface area (Å²) in [5, 5.41) is 3.60. The average molecular weight is 278 g/mol. The molecule has 1 aromatic heterocycles. The topological polar surface area (TPSA) is 59.1 Å². The van der Waals surface area contributed by atoms with Crippen LogP contribution in [0.25, 0.3) is 10.9 Å². The molecule has 0 saturated carbocycles. The fourth-order valence-corrected chi connectivity index (χ4v) is 3.05. The van der Waals surface area contributed by atoms with Gasteiger partial charge in [0.25, 0.3) is 0 Å². The van der Waals surface area contributed by atoms with Gasteiger partial charge in [0.1, 0.15) is 0 Å². The minimum atomic E-state index is -3.12. The molecule has 2 atom stereocenters. The lowest BCUT2D eigenvalue weighted by molar-refractivity contribution is 0.536. The summed E-state index contributed by atoms with van der Waals surface area (Å²) in [5.74, 6) is 0. The molecule has 0 fully saturated rings. The number of pyridine rings is 1. The number of benzene rings is 1. The number of hydrogen-bond donors (Lipinski definition) is 1. The molecule has 5 heteroatoms. The molecule has 0 aliphatic heterocycles. The Bertz CT molecular complexity index is 677. The smallest absolute Gasteiger partial charge is 0.151 e. The Morgan fingerprint density at radius 1 is 1.21 bits per heavy atom. The van der Waals surface area contributed by atoms with Crippen LogP contribution in [0.3, 0.4) is 0 Å². The van der Waals surface area contributed by atoms with Crippen molar-refractivity contribution in [3.8, 4) is 0 Å². The van der Waals surface area contributed by atoms with Crippen molar-refractivity contribution < 1.29 is 8.42 Å². The van der Waals surface area contributed by atoms with Gasteiger partial charge in [0.2, 0.25) is 0 Å². The minimum absolute atomic E-state index is 0.270. The molecule has 2 unspecified atom stereocenters. The first kappa shape index (κ1) is 14.0. The number of aromatic nitrogens is 1. The van der Waals surface area contributed by atoms with Crippen LogP contribution in [0, 0.1) is 0 Å². The predicted molar refractivity (Wildman–Crippen MR) is 77.8 cm³/mol. The van der Waals surface area contributed by atoms with Crippen LogP contribution in [0.5, 0.6) is 0 Å². The molecular formula is C14H18N2O2S. The zero-order valence-corrected chi connectivity index (χ0v) is 12.1. The van der Waals surface area contributed by atoms with Crippen LogP contribution in [-0.2, 0) is 9.84 Å². The van der Waals surface area contributed by atoms with Crippen molar-refractivity contribution in [1.29, 1.82) is 0 Å². The molecule has 2 aromatic rings. The van der Waals surface area contributed by atoms with E-state index in [1.165, 1.54) is 6.26 Å². The van der Waals surface area contributed by atoms with E-state index in [2.05, 4.69) is 10.3 Å². The first-order valence-corrected chi connectivity index (χ1v) is 8.10. The number of hydrogen-bond acceptors (Lipinski definition) is 4. The zero-order valence-electron chi connectivity index (χ0n) is 11.3. The molecule has 0 amide bonds. The van der Waals surface area contributed by atoms with Gasteiger partial charge in [0.15, 0.2) is 9.84 Å². The van der Waals surface area contributed by atoms with Crippen molar-refractivity contribution in [2.45, 2.75) is 18.2 Å². The maximum atomic E-state index is 11.8. The van der Waals surface area contributed by atoms with Gasteiger partial charge in [0.05, 0.1) is 16.8 Å². The Morgan fingerprint density at radius 3 is 2.53 bits per heavy atom. The van der Waals surface area contributed by atoms with Crippen molar-refractivity contribution in [2.75, 3.05) is 13.3 Å². The van der Waals surface area contributed by atoms with E-state index in [0.717, 1.165) is 16.5 Å². The molecule has 0 saturated heterocycles. The van der Waals surface area contributed by atoms with Gasteiger partial charge < -0.3 is 5.32 Å². The average Bonchev–Trinajstić information content (AvgIpc) is 2.38. The van der Waals surface area contributed by atoms with Crippen molar-refractivity contribution in [3.63, 3.8) is 0 Å². The second-order valence-electron chi connectivity index (χ2n) is 4.72. The van der Waals surface area contributed by atoms with Crippen LogP contribution in [0.2, 0.25) is 0 Å². The molecule has 1 N–H and O–H groups in total. The fraction of sp³-hybridized carbons (Fsp3) is 0.357. The van der Waals surface area contributed by atoms with Gasteiger partial charge in [-0.2, -0.15) is 0 Å². The van der Waals surface area contributed by atoms with Crippen molar-refractivity contribution in [2.24, 2.45) is 0 Å². The highest BCUT2D eigenvalue weighted by atomic mass is 32.2. The lowest BCUT2D eigenvalue weighted by atomic mass is 10.0. The van der Waals surface area contributed by atoms with E-state index in [1.807, 2.05) is 30.3 Å². The van der Waals surface area contributed by atoms with Gasteiger partial charge in [-0.3, -0.25) is 4.98 Å². The molecule has 2 rings (SSSR count). The summed E-state index contributed by atoms with van der Waals surface area (Å²) in [6, 6.07) is 9.42. The van der Waals surface area contributed by atoms with E-state index in [4.69, 9.17) is 0 Å². The van der Waals surface area contributed by atoms with Gasteiger partial charge in [-0.1, -0.05) is 24.3 Å². The number of para-hydroxylation sites is 1. The fourth-order valence-electron chi connectivity index (χ4n) is 2.27. The van der Waals surface area contributed by atoms with Crippen LogP contribution in [0.1, 0.15) is 18.5 Å². The second-order valence-corrected chi connectivity index (χ2v) is 7.13. The molecule has 1 aromatic carbocycles. The van der Waals surface area contributed by atoms with E-state index in [1.54, 1.807) is 20.2 Å². The third-order valence-corrected chi connectivity index (χ3v) is 5.08. The van der Waals surface area contributed by atoms with Crippen molar-refractivity contribution in [1.82, 2.24) is 10.3 Å². The summed E-state index contributed by atoms with van der Waals surface area (Å²) < 4.78 is 23.6. The van der Waals surface area contributed by atoms with E-state index in [-0.39, 0.29) is 6.04 Å². The van der Waals surface area contributed by atoms with Crippen LogP contribution in [-0.4, -0.2) is 32.0 Å². The molecule has 0 aliphatic rings. The molecule has 0 bridgehead atoms. The predicted octanol–water partition coefficient (Wildman–Crippen LogP) is 1.93. The maximum Gasteiger partial charge on any atom is 0.151 e. The third-order valence-electron chi connectivity index (χ3n) is 3.45. The van der Waals surface area contributed by atoms with Crippen molar-refractivity contribution in [3.05, 3.63) is 42.1 Å². The summed E-state index contributed by atoms with van der Waals surface area (Å²) in [5.41, 5.74) is 1.76.